The monoisotopic (exact) mass is 343 g/mol. The highest BCUT2D eigenvalue weighted by atomic mass is 16.2. The van der Waals surface area contributed by atoms with Crippen LogP contribution in [0.25, 0.3) is 0 Å². The lowest BCUT2D eigenvalue weighted by molar-refractivity contribution is 0.0717. The van der Waals surface area contributed by atoms with E-state index >= 15 is 0 Å². The van der Waals surface area contributed by atoms with Crippen LogP contribution in [0.3, 0.4) is 0 Å². The maximum absolute atomic E-state index is 13.4. The van der Waals surface area contributed by atoms with Crippen LogP contribution in [-0.2, 0) is 0 Å². The molecule has 0 heterocycles. The molecular weight excluding hydrogens is 318 g/mol. The molecule has 0 aliphatic rings. The first-order valence-electron chi connectivity index (χ1n) is 9.10. The van der Waals surface area contributed by atoms with E-state index < -0.39 is 0 Å². The van der Waals surface area contributed by atoms with Gasteiger partial charge in [0.1, 0.15) is 0 Å². The third kappa shape index (κ3) is 3.70. The van der Waals surface area contributed by atoms with Gasteiger partial charge in [0.25, 0.3) is 5.91 Å². The molecule has 0 fully saturated rings. The van der Waals surface area contributed by atoms with E-state index in [1.165, 1.54) is 5.56 Å². The largest absolute Gasteiger partial charge is 0.328 e. The molecule has 0 bridgehead atoms. The number of benzene rings is 3. The Morgan fingerprint density at radius 3 is 1.81 bits per heavy atom. The Bertz CT molecular complexity index is 832. The molecule has 0 aliphatic carbocycles. The molecule has 3 aromatic rings. The summed E-state index contributed by atoms with van der Waals surface area (Å²) < 4.78 is 0. The highest BCUT2D eigenvalue weighted by molar-refractivity contribution is 5.95. The van der Waals surface area contributed by atoms with Gasteiger partial charge in [0.15, 0.2) is 0 Å². The van der Waals surface area contributed by atoms with Crippen LogP contribution in [0.5, 0.6) is 0 Å². The molecule has 0 radical (unpaired) electrons. The average molecular weight is 343 g/mol. The van der Waals surface area contributed by atoms with Gasteiger partial charge in [-0.25, -0.2) is 0 Å². The van der Waals surface area contributed by atoms with E-state index in [4.69, 9.17) is 0 Å². The van der Waals surface area contributed by atoms with E-state index in [0.717, 1.165) is 22.3 Å². The zero-order valence-electron chi connectivity index (χ0n) is 15.6. The van der Waals surface area contributed by atoms with Gasteiger partial charge in [-0.15, -0.1) is 0 Å². The van der Waals surface area contributed by atoms with E-state index in [1.807, 2.05) is 73.3 Å². The lowest BCUT2D eigenvalue weighted by Gasteiger charge is -2.32. The van der Waals surface area contributed by atoms with Crippen LogP contribution in [0, 0.1) is 13.8 Å². The highest BCUT2D eigenvalue weighted by Crippen LogP contribution is 2.30. The number of carbonyl (C=O) groups is 1. The van der Waals surface area contributed by atoms with E-state index in [-0.39, 0.29) is 11.9 Å². The summed E-state index contributed by atoms with van der Waals surface area (Å²) >= 11 is 0. The number of nitrogens with zero attached hydrogens (tertiary/aromatic N) is 1. The summed E-state index contributed by atoms with van der Waals surface area (Å²) in [6.07, 6.45) is 0. The Morgan fingerprint density at radius 1 is 0.808 bits per heavy atom. The van der Waals surface area contributed by atoms with E-state index in [1.54, 1.807) is 0 Å². The Morgan fingerprint density at radius 2 is 1.35 bits per heavy atom. The first-order valence-corrected chi connectivity index (χ1v) is 9.10. The molecule has 3 rings (SSSR count). The lowest BCUT2D eigenvalue weighted by atomic mass is 9.96. The van der Waals surface area contributed by atoms with Crippen molar-refractivity contribution in [2.45, 2.75) is 26.8 Å². The number of hydrogen-bond acceptors (Lipinski definition) is 1. The first kappa shape index (κ1) is 17.9. The number of carbonyl (C=O) groups excluding carboxylic acids is 1. The second-order valence-corrected chi connectivity index (χ2v) is 6.61. The lowest BCUT2D eigenvalue weighted by Crippen LogP contribution is -2.35. The van der Waals surface area contributed by atoms with Crippen LogP contribution in [0.15, 0.2) is 78.9 Å². The minimum Gasteiger partial charge on any atom is -0.328 e. The van der Waals surface area contributed by atoms with Gasteiger partial charge in [-0.3, -0.25) is 4.79 Å². The Labute approximate surface area is 156 Å². The smallest absolute Gasteiger partial charge is 0.254 e. The zero-order valence-corrected chi connectivity index (χ0v) is 15.6. The summed E-state index contributed by atoms with van der Waals surface area (Å²) in [5.41, 5.74) is 5.33. The van der Waals surface area contributed by atoms with Crippen molar-refractivity contribution >= 4 is 5.91 Å². The third-order valence-corrected chi connectivity index (χ3v) is 4.90. The molecule has 2 heteroatoms. The Balaban J connectivity index is 2.05. The van der Waals surface area contributed by atoms with Gasteiger partial charge >= 0.3 is 0 Å². The number of amides is 1. The van der Waals surface area contributed by atoms with Gasteiger partial charge in [-0.2, -0.15) is 0 Å². The van der Waals surface area contributed by atoms with Crippen LogP contribution < -0.4 is 0 Å². The predicted molar refractivity (Wildman–Crippen MR) is 107 cm³/mol. The summed E-state index contributed by atoms with van der Waals surface area (Å²) in [5, 5.41) is 0. The van der Waals surface area contributed by atoms with Crippen molar-refractivity contribution < 1.29 is 4.79 Å². The summed E-state index contributed by atoms with van der Waals surface area (Å²) in [4.78, 5) is 15.3. The molecule has 26 heavy (non-hydrogen) atoms. The van der Waals surface area contributed by atoms with Gasteiger partial charge in [0.2, 0.25) is 0 Å². The minimum atomic E-state index is -0.100. The Hall–Kier alpha value is -2.87. The summed E-state index contributed by atoms with van der Waals surface area (Å²) in [6.45, 7) is 6.80. The van der Waals surface area contributed by atoms with Crippen LogP contribution in [0.2, 0.25) is 0 Å². The zero-order chi connectivity index (χ0) is 18.5. The van der Waals surface area contributed by atoms with E-state index in [2.05, 4.69) is 31.2 Å². The molecule has 0 saturated heterocycles. The SMILES string of the molecule is CCN(C(=O)c1ccc(C)c(C)c1)C(c1ccccc1)c1ccccc1. The fourth-order valence-electron chi connectivity index (χ4n) is 3.31. The molecule has 3 aromatic carbocycles. The van der Waals surface area contributed by atoms with Crippen molar-refractivity contribution in [2.75, 3.05) is 6.54 Å². The number of rotatable bonds is 5. The molecular formula is C24H25NO. The molecule has 0 saturated carbocycles. The van der Waals surface area contributed by atoms with Crippen LogP contribution in [-0.4, -0.2) is 17.4 Å². The molecule has 0 aliphatic heterocycles. The molecule has 0 aromatic heterocycles. The molecule has 1 amide bonds. The van der Waals surface area contributed by atoms with Crippen molar-refractivity contribution in [2.24, 2.45) is 0 Å². The summed E-state index contributed by atoms with van der Waals surface area (Å²) in [6, 6.07) is 26.3. The van der Waals surface area contributed by atoms with Crippen molar-refractivity contribution in [1.29, 1.82) is 0 Å². The molecule has 0 unspecified atom stereocenters. The van der Waals surface area contributed by atoms with Crippen LogP contribution in [0.1, 0.15) is 45.6 Å². The molecule has 0 atom stereocenters. The number of aryl methyl sites for hydroxylation is 2. The average Bonchev–Trinajstić information content (AvgIpc) is 2.69. The minimum absolute atomic E-state index is 0.0632. The van der Waals surface area contributed by atoms with Gasteiger partial charge in [-0.1, -0.05) is 66.7 Å². The molecule has 2 nitrogen and oxygen atoms in total. The molecule has 132 valence electrons. The molecule has 0 spiro atoms. The Kier molecular flexibility index (Phi) is 5.52. The fraction of sp³-hybridized carbons (Fsp3) is 0.208. The van der Waals surface area contributed by atoms with Crippen LogP contribution >= 0.6 is 0 Å². The van der Waals surface area contributed by atoms with Gasteiger partial charge in [0, 0.05) is 12.1 Å². The normalized spacial score (nSPS) is 10.8. The van der Waals surface area contributed by atoms with E-state index in [9.17, 15) is 4.79 Å². The van der Waals surface area contributed by atoms with Crippen LogP contribution in [0.4, 0.5) is 0 Å². The van der Waals surface area contributed by atoms with Gasteiger partial charge in [-0.05, 0) is 55.2 Å². The summed E-state index contributed by atoms with van der Waals surface area (Å²) in [5.74, 6) is 0.0632. The van der Waals surface area contributed by atoms with Gasteiger partial charge < -0.3 is 4.90 Å². The summed E-state index contributed by atoms with van der Waals surface area (Å²) in [7, 11) is 0. The topological polar surface area (TPSA) is 20.3 Å². The maximum atomic E-state index is 13.4. The highest BCUT2D eigenvalue weighted by Gasteiger charge is 2.26. The third-order valence-electron chi connectivity index (χ3n) is 4.90. The van der Waals surface area contributed by atoms with Crippen molar-refractivity contribution in [3.63, 3.8) is 0 Å². The standard InChI is InChI=1S/C24H25NO/c1-4-25(24(26)22-16-15-18(2)19(3)17-22)23(20-11-7-5-8-12-20)21-13-9-6-10-14-21/h5-17,23H,4H2,1-3H3. The van der Waals surface area contributed by atoms with Crippen molar-refractivity contribution in [3.05, 3.63) is 107 Å². The quantitative estimate of drug-likeness (QED) is 0.594. The first-order chi connectivity index (χ1) is 12.6. The second-order valence-electron chi connectivity index (χ2n) is 6.61. The fourth-order valence-corrected chi connectivity index (χ4v) is 3.31. The van der Waals surface area contributed by atoms with Crippen molar-refractivity contribution in [3.8, 4) is 0 Å². The number of hydrogen-bond donors (Lipinski definition) is 0. The molecule has 0 N–H and O–H groups in total. The van der Waals surface area contributed by atoms with Crippen molar-refractivity contribution in [1.82, 2.24) is 4.90 Å². The van der Waals surface area contributed by atoms with E-state index in [0.29, 0.717) is 6.54 Å². The second kappa shape index (κ2) is 8.01. The predicted octanol–water partition coefficient (Wildman–Crippen LogP) is 5.56. The van der Waals surface area contributed by atoms with Gasteiger partial charge in [0.05, 0.1) is 6.04 Å². The maximum Gasteiger partial charge on any atom is 0.254 e.